The summed E-state index contributed by atoms with van der Waals surface area (Å²) >= 11 is 6.13. The molecule has 1 aliphatic heterocycles. The molecule has 4 rings (SSSR count). The minimum atomic E-state index is -0.516. The number of fused-ring (bicyclic) bond motifs is 3. The van der Waals surface area contributed by atoms with E-state index < -0.39 is 5.60 Å². The zero-order valence-corrected chi connectivity index (χ0v) is 17.2. The number of hydrogen-bond acceptors (Lipinski definition) is 6. The average Bonchev–Trinajstić information content (AvgIpc) is 3.24. The molecule has 0 N–H and O–H groups in total. The first-order valence-corrected chi connectivity index (χ1v) is 9.64. The monoisotopic (exact) mass is 402 g/mol. The molecule has 1 saturated heterocycles. The fourth-order valence-corrected chi connectivity index (χ4v) is 3.67. The van der Waals surface area contributed by atoms with Crippen molar-refractivity contribution in [2.75, 3.05) is 25.0 Å². The molecule has 1 aromatic carbocycles. The summed E-state index contributed by atoms with van der Waals surface area (Å²) in [4.78, 5) is 25.0. The second kappa shape index (κ2) is 6.81. The van der Waals surface area contributed by atoms with Gasteiger partial charge in [0, 0.05) is 30.5 Å². The summed E-state index contributed by atoms with van der Waals surface area (Å²) in [6.45, 7) is 7.02. The van der Waals surface area contributed by atoms with E-state index in [1.165, 1.54) is 0 Å². The SMILES string of the molecule is CN(C(=O)OC(C)(C)C)[C@H]1CCN(c2ncnc3c2oc2ccc(Cl)cc23)C1. The number of rotatable bonds is 2. The smallest absolute Gasteiger partial charge is 0.410 e. The van der Waals surface area contributed by atoms with Crippen molar-refractivity contribution in [1.29, 1.82) is 0 Å². The molecule has 0 aliphatic carbocycles. The molecule has 3 aromatic rings. The third-order valence-corrected chi connectivity index (χ3v) is 5.12. The van der Waals surface area contributed by atoms with Crippen LogP contribution in [0.1, 0.15) is 27.2 Å². The Kier molecular flexibility index (Phi) is 4.57. The number of halogens is 1. The average molecular weight is 403 g/mol. The summed E-state index contributed by atoms with van der Waals surface area (Å²) in [5, 5.41) is 1.50. The molecule has 148 valence electrons. The van der Waals surface area contributed by atoms with Gasteiger partial charge < -0.3 is 19.0 Å². The number of anilines is 1. The summed E-state index contributed by atoms with van der Waals surface area (Å²) < 4.78 is 11.5. The number of hydrogen-bond donors (Lipinski definition) is 0. The lowest BCUT2D eigenvalue weighted by Crippen LogP contribution is -2.42. The maximum Gasteiger partial charge on any atom is 0.410 e. The molecular weight excluding hydrogens is 380 g/mol. The summed E-state index contributed by atoms with van der Waals surface area (Å²) in [6, 6.07) is 5.52. The lowest BCUT2D eigenvalue weighted by molar-refractivity contribution is 0.0238. The second-order valence-corrected chi connectivity index (χ2v) is 8.53. The van der Waals surface area contributed by atoms with Crippen LogP contribution in [0.3, 0.4) is 0 Å². The van der Waals surface area contributed by atoms with Gasteiger partial charge in [0.25, 0.3) is 0 Å². The van der Waals surface area contributed by atoms with Crippen LogP contribution in [0, 0.1) is 0 Å². The minimum Gasteiger partial charge on any atom is -0.450 e. The third-order valence-electron chi connectivity index (χ3n) is 4.89. The number of carbonyl (C=O) groups is 1. The van der Waals surface area contributed by atoms with Crippen molar-refractivity contribution in [2.45, 2.75) is 38.8 Å². The number of amides is 1. The Labute approximate surface area is 168 Å². The Balaban J connectivity index is 1.60. The summed E-state index contributed by atoms with van der Waals surface area (Å²) in [6.07, 6.45) is 2.05. The molecule has 0 saturated carbocycles. The van der Waals surface area contributed by atoms with E-state index in [0.29, 0.717) is 17.2 Å². The summed E-state index contributed by atoms with van der Waals surface area (Å²) in [5.41, 5.74) is 1.59. The molecule has 8 heteroatoms. The van der Waals surface area contributed by atoms with Crippen LogP contribution >= 0.6 is 11.6 Å². The van der Waals surface area contributed by atoms with Crippen molar-refractivity contribution in [1.82, 2.24) is 14.9 Å². The standard InChI is InChI=1S/C20H23ClN4O3/c1-20(2,3)28-19(26)24(4)13-7-8-25(10-13)18-17-16(22-11-23-18)14-9-12(21)5-6-15(14)27-17/h5-6,9,11,13H,7-8,10H2,1-4H3/t13-/m0/s1. The summed E-state index contributed by atoms with van der Waals surface area (Å²) in [7, 11) is 1.78. The highest BCUT2D eigenvalue weighted by Gasteiger charge is 2.33. The van der Waals surface area contributed by atoms with Gasteiger partial charge >= 0.3 is 6.09 Å². The molecule has 0 unspecified atom stereocenters. The van der Waals surface area contributed by atoms with Gasteiger partial charge in [-0.05, 0) is 45.4 Å². The molecular formula is C20H23ClN4O3. The quantitative estimate of drug-likeness (QED) is 0.629. The number of carbonyl (C=O) groups excluding carboxylic acids is 1. The Hall–Kier alpha value is -2.54. The Morgan fingerprint density at radius 1 is 1.36 bits per heavy atom. The van der Waals surface area contributed by atoms with Crippen LogP contribution in [-0.2, 0) is 4.74 Å². The van der Waals surface area contributed by atoms with E-state index in [2.05, 4.69) is 14.9 Å². The first-order valence-electron chi connectivity index (χ1n) is 9.26. The van der Waals surface area contributed by atoms with E-state index in [0.717, 1.165) is 35.3 Å². The van der Waals surface area contributed by atoms with Gasteiger partial charge in [-0.3, -0.25) is 0 Å². The normalized spacial score (nSPS) is 17.5. The molecule has 28 heavy (non-hydrogen) atoms. The molecule has 0 bridgehead atoms. The van der Waals surface area contributed by atoms with Gasteiger partial charge in [0.1, 0.15) is 23.0 Å². The number of nitrogens with zero attached hydrogens (tertiary/aromatic N) is 4. The predicted octanol–water partition coefficient (Wildman–Crippen LogP) is 4.48. The van der Waals surface area contributed by atoms with Crippen LogP contribution in [0.15, 0.2) is 28.9 Å². The van der Waals surface area contributed by atoms with Crippen LogP contribution in [0.4, 0.5) is 10.6 Å². The minimum absolute atomic E-state index is 0.0405. The van der Waals surface area contributed by atoms with Crippen molar-refractivity contribution in [2.24, 2.45) is 0 Å². The molecule has 1 atom stereocenters. The van der Waals surface area contributed by atoms with Gasteiger partial charge in [-0.2, -0.15) is 0 Å². The number of benzene rings is 1. The van der Waals surface area contributed by atoms with E-state index >= 15 is 0 Å². The van der Waals surface area contributed by atoms with Crippen molar-refractivity contribution < 1.29 is 13.9 Å². The van der Waals surface area contributed by atoms with E-state index in [4.69, 9.17) is 20.8 Å². The first kappa shape index (κ1) is 18.8. The molecule has 0 spiro atoms. The number of likely N-dealkylation sites (N-methyl/N-ethyl adjacent to an activating group) is 1. The maximum absolute atomic E-state index is 12.4. The highest BCUT2D eigenvalue weighted by molar-refractivity contribution is 6.31. The Bertz CT molecular complexity index is 1040. The van der Waals surface area contributed by atoms with E-state index in [-0.39, 0.29) is 12.1 Å². The number of furan rings is 1. The molecule has 1 aliphatic rings. The van der Waals surface area contributed by atoms with Gasteiger partial charge in [-0.1, -0.05) is 11.6 Å². The van der Waals surface area contributed by atoms with Gasteiger partial charge in [0.05, 0.1) is 6.04 Å². The number of ether oxygens (including phenoxy) is 1. The van der Waals surface area contributed by atoms with E-state index in [1.807, 2.05) is 32.9 Å². The Morgan fingerprint density at radius 3 is 2.89 bits per heavy atom. The van der Waals surface area contributed by atoms with Crippen LogP contribution in [-0.4, -0.2) is 52.7 Å². The first-order chi connectivity index (χ1) is 13.2. The van der Waals surface area contributed by atoms with Crippen molar-refractivity contribution in [3.8, 4) is 0 Å². The van der Waals surface area contributed by atoms with E-state index in [9.17, 15) is 4.79 Å². The van der Waals surface area contributed by atoms with E-state index in [1.54, 1.807) is 24.3 Å². The van der Waals surface area contributed by atoms with Crippen molar-refractivity contribution in [3.05, 3.63) is 29.5 Å². The Morgan fingerprint density at radius 2 is 2.14 bits per heavy atom. The molecule has 2 aromatic heterocycles. The highest BCUT2D eigenvalue weighted by atomic mass is 35.5. The maximum atomic E-state index is 12.4. The zero-order chi connectivity index (χ0) is 20.1. The van der Waals surface area contributed by atoms with Crippen molar-refractivity contribution in [3.63, 3.8) is 0 Å². The molecule has 0 radical (unpaired) electrons. The van der Waals surface area contributed by atoms with Gasteiger partial charge in [-0.15, -0.1) is 0 Å². The largest absolute Gasteiger partial charge is 0.450 e. The van der Waals surface area contributed by atoms with Gasteiger partial charge in [0.15, 0.2) is 11.4 Å². The molecule has 1 fully saturated rings. The number of aromatic nitrogens is 2. The molecule has 7 nitrogen and oxygen atoms in total. The van der Waals surface area contributed by atoms with Crippen LogP contribution in [0.2, 0.25) is 5.02 Å². The molecule has 1 amide bonds. The lowest BCUT2D eigenvalue weighted by Gasteiger charge is -2.28. The lowest BCUT2D eigenvalue weighted by atomic mass is 10.2. The van der Waals surface area contributed by atoms with Gasteiger partial charge in [0.2, 0.25) is 0 Å². The molecule has 3 heterocycles. The topological polar surface area (TPSA) is 71.7 Å². The third kappa shape index (κ3) is 3.46. The second-order valence-electron chi connectivity index (χ2n) is 8.10. The van der Waals surface area contributed by atoms with Crippen molar-refractivity contribution >= 4 is 45.6 Å². The fraction of sp³-hybridized carbons (Fsp3) is 0.450. The van der Waals surface area contributed by atoms with Crippen LogP contribution < -0.4 is 4.90 Å². The predicted molar refractivity (Wildman–Crippen MR) is 109 cm³/mol. The van der Waals surface area contributed by atoms with Gasteiger partial charge in [-0.25, -0.2) is 14.8 Å². The fourth-order valence-electron chi connectivity index (χ4n) is 3.50. The highest BCUT2D eigenvalue weighted by Crippen LogP contribution is 2.35. The van der Waals surface area contributed by atoms with Crippen LogP contribution in [0.5, 0.6) is 0 Å². The zero-order valence-electron chi connectivity index (χ0n) is 16.4. The summed E-state index contributed by atoms with van der Waals surface area (Å²) in [5.74, 6) is 0.734. The van der Waals surface area contributed by atoms with Crippen LogP contribution in [0.25, 0.3) is 22.1 Å².